The second-order valence-electron chi connectivity index (χ2n) is 8.33. The van der Waals surface area contributed by atoms with Crippen LogP contribution in [0.25, 0.3) is 10.8 Å². The van der Waals surface area contributed by atoms with Gasteiger partial charge in [-0.15, -0.1) is 10.2 Å². The van der Waals surface area contributed by atoms with E-state index in [1.165, 1.54) is 14.2 Å². The van der Waals surface area contributed by atoms with E-state index in [-0.39, 0.29) is 0 Å². The van der Waals surface area contributed by atoms with E-state index in [1.807, 2.05) is 24.3 Å². The summed E-state index contributed by atoms with van der Waals surface area (Å²) in [5.41, 5.74) is 13.3. The summed E-state index contributed by atoms with van der Waals surface area (Å²) in [4.78, 5) is 0. The highest BCUT2D eigenvalue weighted by Gasteiger charge is 2.17. The Hall–Kier alpha value is -5.30. The monoisotopic (exact) mass is 540 g/mol. The van der Waals surface area contributed by atoms with E-state index in [0.717, 1.165) is 10.8 Å². The second kappa shape index (κ2) is 13.0. The topological polar surface area (TPSA) is 158 Å². The van der Waals surface area contributed by atoms with Gasteiger partial charge in [0.15, 0.2) is 34.6 Å². The third-order valence-corrected chi connectivity index (χ3v) is 6.10. The van der Waals surface area contributed by atoms with Gasteiger partial charge in [-0.2, -0.15) is 10.5 Å². The third kappa shape index (κ3) is 5.89. The van der Waals surface area contributed by atoms with Crippen molar-refractivity contribution in [3.05, 3.63) is 71.8 Å². The van der Waals surface area contributed by atoms with Crippen LogP contribution in [0.15, 0.2) is 60.7 Å². The lowest BCUT2D eigenvalue weighted by Gasteiger charge is -2.18. The SMILES string of the molecule is COc1ccc(C(C#N)NNc2nnc(NNC(C#N)c3ccc(OC)c(OC)c3)c3ccccc23)cc1OC. The van der Waals surface area contributed by atoms with Crippen LogP contribution in [-0.2, 0) is 0 Å². The Morgan fingerprint density at radius 1 is 0.600 bits per heavy atom. The number of fused-ring (bicyclic) bond motifs is 1. The van der Waals surface area contributed by atoms with Crippen LogP contribution < -0.4 is 40.7 Å². The highest BCUT2D eigenvalue weighted by atomic mass is 16.5. The molecule has 0 spiro atoms. The van der Waals surface area contributed by atoms with Crippen molar-refractivity contribution in [1.82, 2.24) is 21.0 Å². The standard InChI is InChI=1S/C28H28N8O4/c1-37-23-11-9-17(13-25(23)39-3)21(15-29)31-33-27-19-7-5-6-8-20(19)28(36-35-27)34-32-22(16-30)18-10-12-24(38-2)26(14-18)40-4/h5-14,21-22,31-32H,1-4H3,(H,33,35)(H,34,36). The molecule has 1 heterocycles. The fraction of sp³-hybridized carbons (Fsp3) is 0.214. The Morgan fingerprint density at radius 2 is 1.00 bits per heavy atom. The van der Waals surface area contributed by atoms with Crippen molar-refractivity contribution in [2.75, 3.05) is 39.3 Å². The van der Waals surface area contributed by atoms with Crippen molar-refractivity contribution < 1.29 is 18.9 Å². The molecule has 0 bridgehead atoms. The van der Waals surface area contributed by atoms with Gasteiger partial charge in [-0.25, -0.2) is 10.9 Å². The number of benzene rings is 3. The summed E-state index contributed by atoms with van der Waals surface area (Å²) in [5, 5.41) is 29.6. The Kier molecular flexibility index (Phi) is 8.99. The van der Waals surface area contributed by atoms with Crippen LogP contribution in [0.1, 0.15) is 23.2 Å². The number of aromatic nitrogens is 2. The number of hydrazine groups is 2. The molecule has 0 aliphatic heterocycles. The van der Waals surface area contributed by atoms with E-state index >= 15 is 0 Å². The zero-order chi connectivity index (χ0) is 28.5. The fourth-order valence-electron chi connectivity index (χ4n) is 4.01. The lowest BCUT2D eigenvalue weighted by molar-refractivity contribution is 0.354. The number of ether oxygens (including phenoxy) is 4. The molecule has 0 amide bonds. The first kappa shape index (κ1) is 27.7. The van der Waals surface area contributed by atoms with Crippen LogP contribution in [-0.4, -0.2) is 38.6 Å². The molecule has 4 N–H and O–H groups in total. The molecule has 0 fully saturated rings. The molecule has 0 aliphatic rings. The summed E-state index contributed by atoms with van der Waals surface area (Å²) < 4.78 is 21.3. The smallest absolute Gasteiger partial charge is 0.170 e. The highest BCUT2D eigenvalue weighted by Crippen LogP contribution is 2.32. The van der Waals surface area contributed by atoms with E-state index in [1.54, 1.807) is 50.6 Å². The van der Waals surface area contributed by atoms with Gasteiger partial charge >= 0.3 is 0 Å². The quantitative estimate of drug-likeness (QED) is 0.191. The maximum atomic E-state index is 9.79. The minimum atomic E-state index is -0.724. The van der Waals surface area contributed by atoms with Crippen LogP contribution in [0.2, 0.25) is 0 Å². The molecule has 2 unspecified atom stereocenters. The lowest BCUT2D eigenvalue weighted by Crippen LogP contribution is -2.28. The minimum Gasteiger partial charge on any atom is -0.493 e. The molecule has 3 aromatic carbocycles. The number of anilines is 2. The van der Waals surface area contributed by atoms with Crippen molar-refractivity contribution >= 4 is 22.4 Å². The Bertz CT molecular complexity index is 1450. The van der Waals surface area contributed by atoms with Crippen molar-refractivity contribution in [3.63, 3.8) is 0 Å². The number of methoxy groups -OCH3 is 4. The minimum absolute atomic E-state index is 0.415. The molecule has 204 valence electrons. The van der Waals surface area contributed by atoms with Crippen LogP contribution in [0.3, 0.4) is 0 Å². The van der Waals surface area contributed by atoms with Crippen molar-refractivity contribution in [1.29, 1.82) is 10.5 Å². The van der Waals surface area contributed by atoms with Gasteiger partial charge < -0.3 is 29.8 Å². The molecule has 0 radical (unpaired) electrons. The van der Waals surface area contributed by atoms with Crippen molar-refractivity contribution in [3.8, 4) is 35.1 Å². The first-order valence-corrected chi connectivity index (χ1v) is 12.1. The molecular formula is C28H28N8O4. The molecule has 1 aromatic heterocycles. The zero-order valence-corrected chi connectivity index (χ0v) is 22.4. The van der Waals surface area contributed by atoms with Gasteiger partial charge in [0.1, 0.15) is 12.1 Å². The predicted octanol–water partition coefficient (Wildman–Crippen LogP) is 4.03. The van der Waals surface area contributed by atoms with Gasteiger partial charge in [0.25, 0.3) is 0 Å². The van der Waals surface area contributed by atoms with E-state index in [4.69, 9.17) is 18.9 Å². The van der Waals surface area contributed by atoms with Gasteiger partial charge in [-0.05, 0) is 35.4 Å². The van der Waals surface area contributed by atoms with Gasteiger partial charge in [-0.1, -0.05) is 36.4 Å². The maximum Gasteiger partial charge on any atom is 0.170 e. The average Bonchev–Trinajstić information content (AvgIpc) is 3.01. The van der Waals surface area contributed by atoms with Gasteiger partial charge in [-0.3, -0.25) is 0 Å². The second-order valence-corrected chi connectivity index (χ2v) is 8.33. The molecule has 4 rings (SSSR count). The maximum absolute atomic E-state index is 9.79. The third-order valence-electron chi connectivity index (χ3n) is 6.10. The summed E-state index contributed by atoms with van der Waals surface area (Å²) >= 11 is 0. The average molecular weight is 541 g/mol. The van der Waals surface area contributed by atoms with E-state index in [2.05, 4.69) is 44.0 Å². The van der Waals surface area contributed by atoms with E-state index in [9.17, 15) is 10.5 Å². The lowest BCUT2D eigenvalue weighted by atomic mass is 10.1. The first-order valence-electron chi connectivity index (χ1n) is 12.1. The van der Waals surface area contributed by atoms with Crippen molar-refractivity contribution in [2.24, 2.45) is 0 Å². The summed E-state index contributed by atoms with van der Waals surface area (Å²) in [6, 6.07) is 20.9. The van der Waals surface area contributed by atoms with E-state index < -0.39 is 12.1 Å². The molecule has 0 saturated heterocycles. The number of hydrogen-bond donors (Lipinski definition) is 4. The van der Waals surface area contributed by atoms with E-state index in [0.29, 0.717) is 45.8 Å². The van der Waals surface area contributed by atoms with Crippen LogP contribution in [0.4, 0.5) is 11.6 Å². The van der Waals surface area contributed by atoms with Gasteiger partial charge in [0, 0.05) is 10.8 Å². The highest BCUT2D eigenvalue weighted by molar-refractivity contribution is 5.98. The molecule has 0 saturated carbocycles. The molecular weight excluding hydrogens is 512 g/mol. The summed E-state index contributed by atoms with van der Waals surface area (Å²) in [7, 11) is 6.17. The van der Waals surface area contributed by atoms with Gasteiger partial charge in [0.05, 0.1) is 40.6 Å². The molecule has 12 heteroatoms. The Balaban J connectivity index is 1.52. The number of nitriles is 2. The number of rotatable bonds is 12. The summed E-state index contributed by atoms with van der Waals surface area (Å²) in [6.07, 6.45) is 0. The fourth-order valence-corrected chi connectivity index (χ4v) is 4.01. The molecule has 0 aliphatic carbocycles. The normalized spacial score (nSPS) is 11.9. The van der Waals surface area contributed by atoms with Crippen LogP contribution in [0.5, 0.6) is 23.0 Å². The number of hydrogen-bond acceptors (Lipinski definition) is 12. The number of nitrogens with zero attached hydrogens (tertiary/aromatic N) is 4. The Labute approximate surface area is 231 Å². The molecule has 12 nitrogen and oxygen atoms in total. The summed E-state index contributed by atoms with van der Waals surface area (Å²) in [5.74, 6) is 2.98. The molecule has 40 heavy (non-hydrogen) atoms. The van der Waals surface area contributed by atoms with Crippen LogP contribution >= 0.6 is 0 Å². The van der Waals surface area contributed by atoms with Gasteiger partial charge in [0.2, 0.25) is 0 Å². The predicted molar refractivity (Wildman–Crippen MR) is 149 cm³/mol. The number of nitrogens with one attached hydrogen (secondary N) is 4. The molecule has 4 aromatic rings. The largest absolute Gasteiger partial charge is 0.493 e. The summed E-state index contributed by atoms with van der Waals surface area (Å²) in [6.45, 7) is 0. The molecule has 2 atom stereocenters. The first-order chi connectivity index (χ1) is 19.6. The van der Waals surface area contributed by atoms with Crippen molar-refractivity contribution in [2.45, 2.75) is 12.1 Å². The van der Waals surface area contributed by atoms with Crippen LogP contribution in [0, 0.1) is 22.7 Å². The Morgan fingerprint density at radius 3 is 1.35 bits per heavy atom. The zero-order valence-electron chi connectivity index (χ0n) is 22.4.